The van der Waals surface area contributed by atoms with Gasteiger partial charge >= 0.3 is 17.9 Å². The van der Waals surface area contributed by atoms with Crippen molar-refractivity contribution in [3.05, 3.63) is 199 Å². The smallest absolute Gasteiger partial charge is 0.314 e. The third kappa shape index (κ3) is 16.8. The van der Waals surface area contributed by atoms with Crippen LogP contribution in [0.3, 0.4) is 0 Å². The van der Waals surface area contributed by atoms with Crippen LogP contribution in [0.15, 0.2) is 182 Å². The van der Waals surface area contributed by atoms with Crippen LogP contribution in [0, 0.1) is 51.8 Å². The highest BCUT2D eigenvalue weighted by atomic mass is 35.5. The number of nitrogens with zero attached hydrogens (tertiary/aromatic N) is 3. The Labute approximate surface area is 644 Å². The van der Waals surface area contributed by atoms with Crippen molar-refractivity contribution in [3.63, 3.8) is 0 Å². The highest BCUT2D eigenvalue weighted by Crippen LogP contribution is 2.53. The van der Waals surface area contributed by atoms with E-state index in [1.807, 2.05) is 224 Å². The molecule has 6 N–H and O–H groups in total. The van der Waals surface area contributed by atoms with E-state index in [0.29, 0.717) is 75.5 Å². The summed E-state index contributed by atoms with van der Waals surface area (Å²) in [6, 6.07) is 44.5. The molecule has 3 unspecified atom stereocenters. The van der Waals surface area contributed by atoms with Gasteiger partial charge in [0.1, 0.15) is 29.3 Å². The van der Waals surface area contributed by atoms with Crippen LogP contribution in [-0.2, 0) is 52.6 Å². The Morgan fingerprint density at radius 3 is 1.00 bits per heavy atom. The van der Waals surface area contributed by atoms with Crippen molar-refractivity contribution in [3.8, 4) is 33.4 Å². The molecule has 6 aliphatic carbocycles. The normalized spacial score (nSPS) is 20.9. The zero-order chi connectivity index (χ0) is 77.9. The number of allylic oxidation sites excluding steroid dienone is 6. The summed E-state index contributed by atoms with van der Waals surface area (Å²) in [5.74, 6) is -3.46. The van der Waals surface area contributed by atoms with Gasteiger partial charge in [0.05, 0.1) is 51.1 Å². The zero-order valence-corrected chi connectivity index (χ0v) is 64.6. The van der Waals surface area contributed by atoms with Gasteiger partial charge in [-0.05, 0) is 180 Å². The highest BCUT2D eigenvalue weighted by Gasteiger charge is 2.56. The van der Waals surface area contributed by atoms with Crippen LogP contribution in [0.4, 0.5) is 17.1 Å². The number of rotatable bonds is 18. The maximum atomic E-state index is 14.2. The number of carboxylic acids is 1. The Kier molecular flexibility index (Phi) is 23.3. The molecule has 572 valence electrons. The first-order valence-corrected chi connectivity index (χ1v) is 38.7. The van der Waals surface area contributed by atoms with E-state index in [9.17, 15) is 48.3 Å². The van der Waals surface area contributed by atoms with Crippen LogP contribution in [0.5, 0.6) is 0 Å². The summed E-state index contributed by atoms with van der Waals surface area (Å²) in [7, 11) is 5.25. The van der Waals surface area contributed by atoms with Crippen LogP contribution >= 0.6 is 11.8 Å². The first kappa shape index (κ1) is 78.6. The van der Waals surface area contributed by atoms with Gasteiger partial charge in [0.25, 0.3) is 11.8 Å². The molecule has 6 aromatic rings. The van der Waals surface area contributed by atoms with Gasteiger partial charge in [-0.1, -0.05) is 202 Å². The molecule has 0 spiro atoms. The first-order chi connectivity index (χ1) is 52.0. The number of carbonyl (C=O) groups is 9. The number of hydrogen-bond acceptors (Lipinski definition) is 12. The van der Waals surface area contributed by atoms with E-state index in [1.54, 1.807) is 35.8 Å². The number of nitrogens with two attached hydrogens (primary N) is 1. The number of nitrogens with one attached hydrogen (secondary N) is 3. The summed E-state index contributed by atoms with van der Waals surface area (Å²) < 4.78 is 11.4. The molecular weight excluding hydrogens is 1390 g/mol. The molecule has 3 heterocycles. The standard InChI is InChI=1S/C31H36N2O4.C27H29N3O3.C16H24O4.C15H13ClN2O/c1-30(2,3)37-29(36)31(17-9-10-18-31)24(19-20-15-16-20)27(34)32-26-23-13-6-5-11-21(23)22-12-7-8-14-25(22)33(4)28(26)35;1-30-22-11-5-4-9-19(22)18-8-2-3-10-20(18)23(25(30)32)29-24(31)21(16-17-12-13-17)27(26(28)33)14-6-7-15-27;1-15(2,3)20-14(19)16(8-4-5-9-16)12(13(17)18)10-11-6-7-11;1-18-13-9-5-4-7-11(13)10-6-2-3-8-12(10)14(17-16)15(18)19/h5-14,20,24,26H,15-19H2,1-4H3,(H,32,34);2-11,17,21,23H,12-16H2,1H3,(H2,28,33)(H,29,31);4-5,11-12H,6-10H2,1-3H3,(H,17,18);2-9,14,17H,1H3/t24-,26?;21-,23?;12-;/m000./s1. The number of carbonyl (C=O) groups excluding carboxylic acids is 8. The maximum Gasteiger partial charge on any atom is 0.314 e. The summed E-state index contributed by atoms with van der Waals surface area (Å²) in [5.41, 5.74) is 12.6. The van der Waals surface area contributed by atoms with Crippen molar-refractivity contribution in [1.29, 1.82) is 0 Å². The van der Waals surface area contributed by atoms with Gasteiger partial charge in [-0.15, -0.1) is 0 Å². The molecule has 20 heteroatoms. The number of likely N-dealkylation sites (N-methyl/N-ethyl adjacent to an activating group) is 3. The van der Waals surface area contributed by atoms with Gasteiger partial charge in [0.15, 0.2) is 0 Å². The van der Waals surface area contributed by atoms with Gasteiger partial charge in [0, 0.05) is 37.8 Å². The fourth-order valence-corrected chi connectivity index (χ4v) is 16.8. The Bertz CT molecular complexity index is 4550. The fourth-order valence-electron chi connectivity index (χ4n) is 16.6. The second-order valence-corrected chi connectivity index (χ2v) is 33.2. The summed E-state index contributed by atoms with van der Waals surface area (Å²) in [6.07, 6.45) is 22.7. The van der Waals surface area contributed by atoms with E-state index in [-0.39, 0.29) is 41.5 Å². The minimum Gasteiger partial charge on any atom is -0.481 e. The Morgan fingerprint density at radius 1 is 0.431 bits per heavy atom. The predicted molar refractivity (Wildman–Crippen MR) is 423 cm³/mol. The van der Waals surface area contributed by atoms with Gasteiger partial charge < -0.3 is 45.6 Å². The molecular formula is C89H102ClN7O12. The van der Waals surface area contributed by atoms with E-state index in [1.165, 1.54) is 0 Å². The van der Waals surface area contributed by atoms with Gasteiger partial charge in [-0.3, -0.25) is 43.2 Å². The van der Waals surface area contributed by atoms with Crippen LogP contribution < -0.4 is 35.9 Å². The lowest BCUT2D eigenvalue weighted by molar-refractivity contribution is -0.176. The lowest BCUT2D eigenvalue weighted by Crippen LogP contribution is -2.51. The number of primary amides is 1. The van der Waals surface area contributed by atoms with Gasteiger partial charge in [0.2, 0.25) is 23.6 Å². The largest absolute Gasteiger partial charge is 0.481 e. The number of para-hydroxylation sites is 3. The number of ether oxygens (including phenoxy) is 2. The molecule has 3 fully saturated rings. The summed E-state index contributed by atoms with van der Waals surface area (Å²) in [6.45, 7) is 11.0. The van der Waals surface area contributed by atoms with Crippen molar-refractivity contribution in [2.24, 2.45) is 57.5 Å². The predicted octanol–water partition coefficient (Wildman–Crippen LogP) is 15.6. The van der Waals surface area contributed by atoms with Crippen LogP contribution in [0.25, 0.3) is 33.4 Å². The second kappa shape index (κ2) is 32.3. The molecule has 9 aliphatic rings. The molecule has 15 rings (SSSR count). The average Bonchev–Trinajstić information content (AvgIpc) is 1.68. The molecule has 19 nitrogen and oxygen atoms in total. The Balaban J connectivity index is 0.000000141. The maximum absolute atomic E-state index is 14.2. The van der Waals surface area contributed by atoms with Crippen molar-refractivity contribution in [2.45, 2.75) is 167 Å². The number of amides is 6. The molecule has 0 saturated heterocycles. The fraction of sp³-hybridized carbons (Fsp3) is 0.427. The van der Waals surface area contributed by atoms with E-state index in [0.717, 1.165) is 106 Å². The highest BCUT2D eigenvalue weighted by molar-refractivity contribution is 6.17. The summed E-state index contributed by atoms with van der Waals surface area (Å²) in [4.78, 5) is 126. The van der Waals surface area contributed by atoms with Crippen molar-refractivity contribution in [1.82, 2.24) is 15.5 Å². The molecule has 0 bridgehead atoms. The van der Waals surface area contributed by atoms with Crippen molar-refractivity contribution >= 4 is 82.2 Å². The molecule has 3 saturated carbocycles. The summed E-state index contributed by atoms with van der Waals surface area (Å²) in [5, 5.41) is 15.8. The number of halogens is 1. The van der Waals surface area contributed by atoms with Gasteiger partial charge in [-0.2, -0.15) is 0 Å². The Hall–Kier alpha value is -9.98. The zero-order valence-electron chi connectivity index (χ0n) is 63.9. The van der Waals surface area contributed by atoms with Crippen LogP contribution in [0.1, 0.15) is 173 Å². The number of anilines is 3. The topological polar surface area (TPSA) is 264 Å². The minimum absolute atomic E-state index is 0.0626. The minimum atomic E-state index is -0.956. The molecule has 3 aliphatic heterocycles. The van der Waals surface area contributed by atoms with E-state index in [4.69, 9.17) is 27.0 Å². The number of aliphatic carboxylic acids is 1. The van der Waals surface area contributed by atoms with Crippen molar-refractivity contribution < 1.29 is 57.7 Å². The number of fused-ring (bicyclic) bond motifs is 9. The molecule has 6 aromatic carbocycles. The third-order valence-electron chi connectivity index (χ3n) is 23.1. The van der Waals surface area contributed by atoms with Crippen molar-refractivity contribution in [2.75, 3.05) is 35.8 Å². The quantitative estimate of drug-likeness (QED) is 0.0305. The monoisotopic (exact) mass is 1500 g/mol. The number of benzene rings is 6. The lowest BCUT2D eigenvalue weighted by atomic mass is 9.69. The van der Waals surface area contributed by atoms with Crippen LogP contribution in [0.2, 0.25) is 0 Å². The van der Waals surface area contributed by atoms with E-state index < -0.39 is 75.2 Å². The SMILES string of the molecule is CC(C)(C)OC(=O)C1([C@@H](CC2CC2)C(=O)O)CC=CC1.CN1C(=O)C(NC(=O)[C@H](CC2CC2)C2(C(=O)OC(C)(C)C)CC=CC2)c2ccccc2-c2ccccc21.CN1C(=O)C(NC(=O)[C@H](CC2CC2)C2(C(N)=O)CC=CC2)c2ccccc2-c2ccccc21.CN1C(=O)C(NCl)c2ccccc2-c2ccccc21. The number of carboxylic acid groups (broad SMARTS) is 1. The first-order valence-electron chi connectivity index (χ1n) is 38.3. The lowest BCUT2D eigenvalue weighted by Gasteiger charge is -2.37. The molecule has 0 aromatic heterocycles. The number of esters is 2. The average molecular weight is 1500 g/mol. The van der Waals surface area contributed by atoms with E-state index >= 15 is 0 Å². The third-order valence-corrected chi connectivity index (χ3v) is 23.3. The van der Waals surface area contributed by atoms with Crippen LogP contribution in [-0.4, -0.2) is 90.8 Å². The Morgan fingerprint density at radius 2 is 0.697 bits per heavy atom. The molecule has 109 heavy (non-hydrogen) atoms. The van der Waals surface area contributed by atoms with E-state index in [2.05, 4.69) is 15.5 Å². The summed E-state index contributed by atoms with van der Waals surface area (Å²) >= 11 is 5.79. The molecule has 6 atom stereocenters. The van der Waals surface area contributed by atoms with Gasteiger partial charge in [-0.25, -0.2) is 4.84 Å². The molecule has 0 radical (unpaired) electrons. The molecule has 6 amide bonds. The number of hydrogen-bond donors (Lipinski definition) is 5. The second-order valence-electron chi connectivity index (χ2n) is 32.9.